The molecule has 1 amide bonds. The van der Waals surface area contributed by atoms with Crippen molar-refractivity contribution in [1.82, 2.24) is 20.1 Å². The number of nitrogens with one attached hydrogen (secondary N) is 1. The summed E-state index contributed by atoms with van der Waals surface area (Å²) in [5.41, 5.74) is 2.61. The van der Waals surface area contributed by atoms with E-state index in [2.05, 4.69) is 15.4 Å². The first-order valence-electron chi connectivity index (χ1n) is 7.60. The predicted octanol–water partition coefficient (Wildman–Crippen LogP) is 2.11. The van der Waals surface area contributed by atoms with Crippen molar-refractivity contribution >= 4 is 11.9 Å². The number of aromatic carboxylic acids is 1. The van der Waals surface area contributed by atoms with Crippen LogP contribution in [0.5, 0.6) is 0 Å². The number of carboxylic acid groups (broad SMARTS) is 1. The second-order valence-corrected chi connectivity index (χ2v) is 5.43. The quantitative estimate of drug-likeness (QED) is 0.744. The summed E-state index contributed by atoms with van der Waals surface area (Å²) >= 11 is 0. The van der Waals surface area contributed by atoms with Crippen molar-refractivity contribution in [3.05, 3.63) is 71.7 Å². The summed E-state index contributed by atoms with van der Waals surface area (Å²) in [7, 11) is 1.70. The Morgan fingerprint density at radius 2 is 1.96 bits per heavy atom. The molecule has 0 aliphatic carbocycles. The van der Waals surface area contributed by atoms with Crippen LogP contribution in [0.2, 0.25) is 0 Å². The van der Waals surface area contributed by atoms with Crippen LogP contribution in [0.4, 0.5) is 0 Å². The first-order valence-corrected chi connectivity index (χ1v) is 7.60. The Hall–Kier alpha value is -3.48. The van der Waals surface area contributed by atoms with Gasteiger partial charge in [-0.3, -0.25) is 14.5 Å². The molecule has 0 fully saturated rings. The number of nitrogens with zero attached hydrogens (tertiary/aromatic N) is 3. The van der Waals surface area contributed by atoms with E-state index >= 15 is 0 Å². The molecular weight excluding hydrogens is 320 g/mol. The summed E-state index contributed by atoms with van der Waals surface area (Å²) in [6.07, 6.45) is 3.18. The van der Waals surface area contributed by atoms with Gasteiger partial charge in [-0.25, -0.2) is 4.79 Å². The number of rotatable bonds is 5. The van der Waals surface area contributed by atoms with Gasteiger partial charge in [0, 0.05) is 31.5 Å². The average Bonchev–Trinajstić information content (AvgIpc) is 3.06. The van der Waals surface area contributed by atoms with E-state index in [-0.39, 0.29) is 11.5 Å². The third kappa shape index (κ3) is 3.55. The van der Waals surface area contributed by atoms with E-state index in [0.717, 1.165) is 5.56 Å². The first kappa shape index (κ1) is 16.4. The standard InChI is InChI=1S/C18H16N4O3/c1-22-16(8-9-21-22)17(23)20-11-12-6-7-15(19-10-12)13-4-2-3-5-14(13)18(24)25/h2-10H,11H2,1H3,(H,20,23)(H,24,25). The van der Waals surface area contributed by atoms with Crippen LogP contribution in [0.15, 0.2) is 54.9 Å². The van der Waals surface area contributed by atoms with E-state index in [9.17, 15) is 14.7 Å². The molecule has 0 aliphatic heterocycles. The molecule has 0 saturated heterocycles. The number of hydrogen-bond acceptors (Lipinski definition) is 4. The average molecular weight is 336 g/mol. The molecule has 0 radical (unpaired) electrons. The molecule has 2 heterocycles. The Labute approximate surface area is 143 Å². The van der Waals surface area contributed by atoms with Crippen molar-refractivity contribution in [2.75, 3.05) is 0 Å². The Morgan fingerprint density at radius 3 is 2.60 bits per heavy atom. The predicted molar refractivity (Wildman–Crippen MR) is 91.0 cm³/mol. The molecule has 2 N–H and O–H groups in total. The van der Waals surface area contributed by atoms with E-state index in [4.69, 9.17) is 0 Å². The fourth-order valence-electron chi connectivity index (χ4n) is 2.45. The van der Waals surface area contributed by atoms with Crippen molar-refractivity contribution in [2.24, 2.45) is 7.05 Å². The van der Waals surface area contributed by atoms with Gasteiger partial charge in [-0.05, 0) is 23.8 Å². The monoisotopic (exact) mass is 336 g/mol. The van der Waals surface area contributed by atoms with Gasteiger partial charge in [-0.15, -0.1) is 0 Å². The number of carbonyl (C=O) groups excluding carboxylic acids is 1. The fourth-order valence-corrected chi connectivity index (χ4v) is 2.45. The minimum absolute atomic E-state index is 0.201. The maximum absolute atomic E-state index is 12.1. The third-order valence-electron chi connectivity index (χ3n) is 3.76. The van der Waals surface area contributed by atoms with Gasteiger partial charge in [0.15, 0.2) is 0 Å². The topological polar surface area (TPSA) is 97.1 Å². The van der Waals surface area contributed by atoms with Crippen LogP contribution >= 0.6 is 0 Å². The van der Waals surface area contributed by atoms with Gasteiger partial charge >= 0.3 is 5.97 Å². The summed E-state index contributed by atoms with van der Waals surface area (Å²) in [5.74, 6) is -1.22. The molecule has 0 atom stereocenters. The van der Waals surface area contributed by atoms with Gasteiger partial charge in [0.2, 0.25) is 0 Å². The lowest BCUT2D eigenvalue weighted by Crippen LogP contribution is -2.25. The highest BCUT2D eigenvalue weighted by atomic mass is 16.4. The van der Waals surface area contributed by atoms with E-state index in [0.29, 0.717) is 23.5 Å². The smallest absolute Gasteiger partial charge is 0.336 e. The molecule has 0 saturated carbocycles. The highest BCUT2D eigenvalue weighted by molar-refractivity contribution is 5.95. The van der Waals surface area contributed by atoms with E-state index in [1.165, 1.54) is 4.68 Å². The lowest BCUT2D eigenvalue weighted by Gasteiger charge is -2.08. The van der Waals surface area contributed by atoms with Gasteiger partial charge in [0.05, 0.1) is 11.3 Å². The zero-order valence-electron chi connectivity index (χ0n) is 13.5. The van der Waals surface area contributed by atoms with Crippen LogP contribution in [0, 0.1) is 0 Å². The van der Waals surface area contributed by atoms with Crippen LogP contribution in [-0.2, 0) is 13.6 Å². The maximum Gasteiger partial charge on any atom is 0.336 e. The molecule has 0 spiro atoms. The number of pyridine rings is 1. The highest BCUT2D eigenvalue weighted by Crippen LogP contribution is 2.21. The second kappa shape index (κ2) is 6.96. The number of amides is 1. The summed E-state index contributed by atoms with van der Waals surface area (Å²) in [5, 5.41) is 16.0. The molecule has 1 aromatic carbocycles. The minimum Gasteiger partial charge on any atom is -0.478 e. The molecule has 3 rings (SSSR count). The molecule has 0 bridgehead atoms. The maximum atomic E-state index is 12.1. The van der Waals surface area contributed by atoms with Crippen molar-refractivity contribution in [3.8, 4) is 11.3 Å². The number of benzene rings is 1. The minimum atomic E-state index is -0.995. The SMILES string of the molecule is Cn1nccc1C(=O)NCc1ccc(-c2ccccc2C(=O)O)nc1. The Bertz CT molecular complexity index is 916. The van der Waals surface area contributed by atoms with E-state index < -0.39 is 5.97 Å². The fraction of sp³-hybridized carbons (Fsp3) is 0.111. The largest absolute Gasteiger partial charge is 0.478 e. The Kier molecular flexibility index (Phi) is 4.56. The summed E-state index contributed by atoms with van der Waals surface area (Å²) < 4.78 is 1.50. The summed E-state index contributed by atoms with van der Waals surface area (Å²) in [4.78, 5) is 27.7. The van der Waals surface area contributed by atoms with Crippen LogP contribution < -0.4 is 5.32 Å². The van der Waals surface area contributed by atoms with Crippen LogP contribution in [-0.4, -0.2) is 31.7 Å². The van der Waals surface area contributed by atoms with Crippen molar-refractivity contribution < 1.29 is 14.7 Å². The molecule has 126 valence electrons. The zero-order chi connectivity index (χ0) is 17.8. The lowest BCUT2D eigenvalue weighted by molar-refractivity contribution is 0.0697. The number of aromatic nitrogens is 3. The van der Waals surface area contributed by atoms with Gasteiger partial charge in [-0.2, -0.15) is 5.10 Å². The molecule has 3 aromatic rings. The molecule has 25 heavy (non-hydrogen) atoms. The van der Waals surface area contributed by atoms with Gasteiger partial charge in [0.25, 0.3) is 5.91 Å². The molecule has 0 unspecified atom stereocenters. The normalized spacial score (nSPS) is 10.4. The van der Waals surface area contributed by atoms with E-state index in [1.807, 2.05) is 6.07 Å². The first-order chi connectivity index (χ1) is 12.1. The van der Waals surface area contributed by atoms with Gasteiger partial charge < -0.3 is 10.4 Å². The number of aryl methyl sites for hydroxylation is 1. The zero-order valence-corrected chi connectivity index (χ0v) is 13.5. The highest BCUT2D eigenvalue weighted by Gasteiger charge is 2.12. The molecule has 0 aliphatic rings. The molecule has 2 aromatic heterocycles. The third-order valence-corrected chi connectivity index (χ3v) is 3.76. The number of carboxylic acids is 1. The van der Waals surface area contributed by atoms with Crippen molar-refractivity contribution in [1.29, 1.82) is 0 Å². The van der Waals surface area contributed by atoms with Crippen LogP contribution in [0.1, 0.15) is 26.4 Å². The summed E-state index contributed by atoms with van der Waals surface area (Å²) in [6.45, 7) is 0.317. The molecule has 7 heteroatoms. The van der Waals surface area contributed by atoms with Gasteiger partial charge in [0.1, 0.15) is 5.69 Å². The summed E-state index contributed by atoms with van der Waals surface area (Å²) in [6, 6.07) is 11.9. The van der Waals surface area contributed by atoms with Crippen molar-refractivity contribution in [2.45, 2.75) is 6.54 Å². The van der Waals surface area contributed by atoms with E-state index in [1.54, 1.807) is 55.8 Å². The number of hydrogen-bond donors (Lipinski definition) is 2. The molecular formula is C18H16N4O3. The lowest BCUT2D eigenvalue weighted by atomic mass is 10.0. The second-order valence-electron chi connectivity index (χ2n) is 5.43. The molecule has 7 nitrogen and oxygen atoms in total. The van der Waals surface area contributed by atoms with Crippen LogP contribution in [0.3, 0.4) is 0 Å². The van der Waals surface area contributed by atoms with Crippen molar-refractivity contribution in [3.63, 3.8) is 0 Å². The number of carbonyl (C=O) groups is 2. The Balaban J connectivity index is 1.72. The Morgan fingerprint density at radius 1 is 1.16 bits per heavy atom. The van der Waals surface area contributed by atoms with Gasteiger partial charge in [-0.1, -0.05) is 24.3 Å². The van der Waals surface area contributed by atoms with Crippen LogP contribution in [0.25, 0.3) is 11.3 Å².